The molecule has 0 bridgehead atoms. The van der Waals surface area contributed by atoms with E-state index in [0.29, 0.717) is 13.0 Å². The summed E-state index contributed by atoms with van der Waals surface area (Å²) in [7, 11) is 1.55. The van der Waals surface area contributed by atoms with Gasteiger partial charge in [0.25, 0.3) is 0 Å². The molecule has 0 unspecified atom stereocenters. The highest BCUT2D eigenvalue weighted by atomic mass is 16.5. The van der Waals surface area contributed by atoms with Gasteiger partial charge in [0, 0.05) is 20.1 Å². The number of amides is 1. The average molecular weight is 291 g/mol. The highest BCUT2D eigenvalue weighted by Crippen LogP contribution is 2.26. The lowest BCUT2D eigenvalue weighted by Crippen LogP contribution is -2.50. The van der Waals surface area contributed by atoms with Gasteiger partial charge >= 0.3 is 5.97 Å². The molecule has 0 spiro atoms. The van der Waals surface area contributed by atoms with Crippen molar-refractivity contribution in [2.75, 3.05) is 7.11 Å². The van der Waals surface area contributed by atoms with Crippen molar-refractivity contribution in [3.8, 4) is 0 Å². The van der Waals surface area contributed by atoms with Crippen LogP contribution in [0.2, 0.25) is 0 Å². The van der Waals surface area contributed by atoms with E-state index in [1.54, 1.807) is 7.11 Å². The Morgan fingerprint density at radius 3 is 2.52 bits per heavy atom. The summed E-state index contributed by atoms with van der Waals surface area (Å²) in [6.07, 6.45) is 0.514. The molecule has 0 aromatic heterocycles. The van der Waals surface area contributed by atoms with Crippen molar-refractivity contribution in [1.82, 2.24) is 4.90 Å². The Kier molecular flexibility index (Phi) is 4.32. The number of fused-ring (bicyclic) bond motifs is 1. The first kappa shape index (κ1) is 15.5. The topological polar surface area (TPSA) is 66.8 Å². The van der Waals surface area contributed by atoms with Gasteiger partial charge in [-0.15, -0.1) is 0 Å². The van der Waals surface area contributed by atoms with Crippen molar-refractivity contribution in [2.45, 2.75) is 44.9 Å². The molecule has 1 aliphatic rings. The Balaban J connectivity index is 2.24. The second kappa shape index (κ2) is 5.85. The second-order valence-electron chi connectivity index (χ2n) is 5.99. The molecule has 0 fully saturated rings. The van der Waals surface area contributed by atoms with Gasteiger partial charge in [-0.25, -0.2) is 4.79 Å². The summed E-state index contributed by atoms with van der Waals surface area (Å²) >= 11 is 0. The van der Waals surface area contributed by atoms with Gasteiger partial charge in [0.05, 0.1) is 12.0 Å². The SMILES string of the molecule is COC(C)(C)CC(=O)N1Cc2ccccc2C[C@@H]1C(=O)O. The highest BCUT2D eigenvalue weighted by Gasteiger charge is 2.36. The summed E-state index contributed by atoms with van der Waals surface area (Å²) < 4.78 is 5.27. The summed E-state index contributed by atoms with van der Waals surface area (Å²) in [5.74, 6) is -1.16. The number of ether oxygens (including phenoxy) is 1. The van der Waals surface area contributed by atoms with Gasteiger partial charge in [-0.1, -0.05) is 24.3 Å². The number of nitrogens with zero attached hydrogens (tertiary/aromatic N) is 1. The van der Waals surface area contributed by atoms with Gasteiger partial charge in [-0.3, -0.25) is 4.79 Å². The molecule has 5 heteroatoms. The second-order valence-corrected chi connectivity index (χ2v) is 5.99. The third-order valence-corrected chi connectivity index (χ3v) is 3.98. The molecule has 1 aliphatic heterocycles. The van der Waals surface area contributed by atoms with Crippen LogP contribution in [0.5, 0.6) is 0 Å². The Morgan fingerprint density at radius 2 is 1.95 bits per heavy atom. The first-order valence-corrected chi connectivity index (χ1v) is 6.98. The van der Waals surface area contributed by atoms with E-state index in [4.69, 9.17) is 4.74 Å². The molecular formula is C16H21NO4. The lowest BCUT2D eigenvalue weighted by atomic mass is 9.92. The molecule has 1 heterocycles. The van der Waals surface area contributed by atoms with Gasteiger partial charge in [0.1, 0.15) is 6.04 Å². The van der Waals surface area contributed by atoms with Gasteiger partial charge in [0.15, 0.2) is 0 Å². The number of rotatable bonds is 4. The van der Waals surface area contributed by atoms with E-state index >= 15 is 0 Å². The molecule has 21 heavy (non-hydrogen) atoms. The van der Waals surface area contributed by atoms with E-state index in [0.717, 1.165) is 11.1 Å². The summed E-state index contributed by atoms with van der Waals surface area (Å²) in [6, 6.07) is 6.85. The smallest absolute Gasteiger partial charge is 0.326 e. The molecule has 1 atom stereocenters. The molecule has 1 aromatic carbocycles. The molecule has 0 radical (unpaired) electrons. The fourth-order valence-corrected chi connectivity index (χ4v) is 2.54. The third kappa shape index (κ3) is 3.42. The maximum absolute atomic E-state index is 12.5. The minimum Gasteiger partial charge on any atom is -0.480 e. The Hall–Kier alpha value is -1.88. The number of hydrogen-bond donors (Lipinski definition) is 1. The average Bonchev–Trinajstić information content (AvgIpc) is 2.45. The van der Waals surface area contributed by atoms with Crippen LogP contribution in [0.4, 0.5) is 0 Å². The van der Waals surface area contributed by atoms with Gasteiger partial charge in [-0.05, 0) is 25.0 Å². The first-order valence-electron chi connectivity index (χ1n) is 6.98. The predicted molar refractivity (Wildman–Crippen MR) is 77.8 cm³/mol. The van der Waals surface area contributed by atoms with Crippen molar-refractivity contribution < 1.29 is 19.4 Å². The number of hydrogen-bond acceptors (Lipinski definition) is 3. The van der Waals surface area contributed by atoms with Crippen molar-refractivity contribution >= 4 is 11.9 Å². The highest BCUT2D eigenvalue weighted by molar-refractivity contribution is 5.85. The lowest BCUT2D eigenvalue weighted by molar-refractivity contribution is -0.153. The van der Waals surface area contributed by atoms with E-state index < -0.39 is 17.6 Å². The van der Waals surface area contributed by atoms with Crippen LogP contribution >= 0.6 is 0 Å². The Bertz CT molecular complexity index is 553. The van der Waals surface area contributed by atoms with Crippen LogP contribution in [-0.4, -0.2) is 40.6 Å². The predicted octanol–water partition coefficient (Wildman–Crippen LogP) is 1.84. The lowest BCUT2D eigenvalue weighted by Gasteiger charge is -2.36. The summed E-state index contributed by atoms with van der Waals surface area (Å²) in [6.45, 7) is 3.98. The quantitative estimate of drug-likeness (QED) is 0.919. The third-order valence-electron chi connectivity index (χ3n) is 3.98. The molecule has 0 saturated heterocycles. The molecule has 0 saturated carbocycles. The monoisotopic (exact) mass is 291 g/mol. The molecular weight excluding hydrogens is 270 g/mol. The fourth-order valence-electron chi connectivity index (χ4n) is 2.54. The molecule has 1 aromatic rings. The van der Waals surface area contributed by atoms with E-state index in [1.807, 2.05) is 38.1 Å². The number of methoxy groups -OCH3 is 1. The summed E-state index contributed by atoms with van der Waals surface area (Å²) in [5.41, 5.74) is 1.41. The van der Waals surface area contributed by atoms with Gasteiger partial charge in [-0.2, -0.15) is 0 Å². The van der Waals surface area contributed by atoms with Gasteiger partial charge < -0.3 is 14.7 Å². The molecule has 1 amide bonds. The van der Waals surface area contributed by atoms with Crippen LogP contribution in [0, 0.1) is 0 Å². The van der Waals surface area contributed by atoms with Crippen LogP contribution in [-0.2, 0) is 27.3 Å². The maximum atomic E-state index is 12.5. The number of aliphatic carboxylic acids is 1. The molecule has 0 aliphatic carbocycles. The zero-order valence-electron chi connectivity index (χ0n) is 12.6. The van der Waals surface area contributed by atoms with Crippen LogP contribution in [0.1, 0.15) is 31.4 Å². The van der Waals surface area contributed by atoms with Gasteiger partial charge in [0.2, 0.25) is 5.91 Å². The summed E-state index contributed by atoms with van der Waals surface area (Å²) in [5, 5.41) is 9.41. The molecule has 1 N–H and O–H groups in total. The number of carboxylic acid groups (broad SMARTS) is 1. The fraction of sp³-hybridized carbons (Fsp3) is 0.500. The van der Waals surface area contributed by atoms with E-state index in [1.165, 1.54) is 4.90 Å². The van der Waals surface area contributed by atoms with Crippen LogP contribution in [0.3, 0.4) is 0 Å². The molecule has 5 nitrogen and oxygen atoms in total. The Labute approximate surface area is 124 Å². The van der Waals surface area contributed by atoms with Crippen molar-refractivity contribution in [2.24, 2.45) is 0 Å². The number of carboxylic acids is 1. The zero-order chi connectivity index (χ0) is 15.6. The first-order chi connectivity index (χ1) is 9.84. The van der Waals surface area contributed by atoms with Crippen molar-refractivity contribution in [1.29, 1.82) is 0 Å². The van der Waals surface area contributed by atoms with Crippen LogP contribution in [0.25, 0.3) is 0 Å². The number of benzene rings is 1. The minimum absolute atomic E-state index is 0.162. The Morgan fingerprint density at radius 1 is 1.33 bits per heavy atom. The maximum Gasteiger partial charge on any atom is 0.326 e. The van der Waals surface area contributed by atoms with E-state index in [9.17, 15) is 14.7 Å². The summed E-state index contributed by atoms with van der Waals surface area (Å²) in [4.78, 5) is 25.4. The number of carbonyl (C=O) groups excluding carboxylic acids is 1. The van der Waals surface area contributed by atoms with Crippen LogP contribution < -0.4 is 0 Å². The standard InChI is InChI=1S/C16H21NO4/c1-16(2,21-3)9-14(18)17-10-12-7-5-4-6-11(12)8-13(17)15(19)20/h4-7,13H,8-10H2,1-3H3,(H,19,20)/t13-/m1/s1. The number of carbonyl (C=O) groups is 2. The zero-order valence-corrected chi connectivity index (χ0v) is 12.6. The van der Waals surface area contributed by atoms with E-state index in [-0.39, 0.29) is 12.3 Å². The molecule has 114 valence electrons. The largest absolute Gasteiger partial charge is 0.480 e. The van der Waals surface area contributed by atoms with E-state index in [2.05, 4.69) is 0 Å². The van der Waals surface area contributed by atoms with Crippen molar-refractivity contribution in [3.63, 3.8) is 0 Å². The van der Waals surface area contributed by atoms with Crippen LogP contribution in [0.15, 0.2) is 24.3 Å². The minimum atomic E-state index is -0.965. The molecule has 2 rings (SSSR count). The normalized spacial score (nSPS) is 18.2. The van der Waals surface area contributed by atoms with Crippen molar-refractivity contribution in [3.05, 3.63) is 35.4 Å².